The first kappa shape index (κ1) is 18.8. The van der Waals surface area contributed by atoms with E-state index in [2.05, 4.69) is 12.2 Å². The summed E-state index contributed by atoms with van der Waals surface area (Å²) >= 11 is 0. The summed E-state index contributed by atoms with van der Waals surface area (Å²) in [6.07, 6.45) is 2.27. The van der Waals surface area contributed by atoms with Gasteiger partial charge in [0.05, 0.1) is 0 Å². The van der Waals surface area contributed by atoms with E-state index in [1.807, 2.05) is 49.4 Å². The molecule has 4 nitrogen and oxygen atoms in total. The molecule has 27 heavy (non-hydrogen) atoms. The van der Waals surface area contributed by atoms with Crippen molar-refractivity contribution >= 4 is 22.4 Å². The fourth-order valence-electron chi connectivity index (χ4n) is 3.45. The quantitative estimate of drug-likeness (QED) is 0.509. The van der Waals surface area contributed by atoms with Gasteiger partial charge in [-0.15, -0.1) is 0 Å². The molecule has 3 N–H and O–H groups in total. The minimum absolute atomic E-state index is 0.00333. The maximum absolute atomic E-state index is 12.6. The van der Waals surface area contributed by atoms with Crippen LogP contribution in [-0.2, 0) is 4.79 Å². The number of aryl methyl sites for hydroxylation is 1. The molecule has 1 unspecified atom stereocenters. The number of phenols is 2. The molecule has 3 aromatic carbocycles. The summed E-state index contributed by atoms with van der Waals surface area (Å²) in [6, 6.07) is 16.8. The van der Waals surface area contributed by atoms with Gasteiger partial charge in [0, 0.05) is 17.5 Å². The molecular formula is C23H25NO3. The number of hydrogen-bond donors (Lipinski definition) is 3. The fraction of sp³-hybridized carbons (Fsp3) is 0.261. The number of carbonyl (C=O) groups excluding carboxylic acids is 1. The van der Waals surface area contributed by atoms with Crippen molar-refractivity contribution in [3.8, 4) is 11.5 Å². The summed E-state index contributed by atoms with van der Waals surface area (Å²) in [4.78, 5) is 12.6. The van der Waals surface area contributed by atoms with E-state index in [4.69, 9.17) is 0 Å². The van der Waals surface area contributed by atoms with Crippen LogP contribution in [0.2, 0.25) is 0 Å². The maximum Gasteiger partial charge on any atom is 0.224 e. The fourth-order valence-corrected chi connectivity index (χ4v) is 3.45. The molecule has 0 heterocycles. The van der Waals surface area contributed by atoms with Crippen molar-refractivity contribution in [3.63, 3.8) is 0 Å². The lowest BCUT2D eigenvalue weighted by atomic mass is 9.89. The zero-order valence-corrected chi connectivity index (χ0v) is 15.7. The summed E-state index contributed by atoms with van der Waals surface area (Å²) in [5, 5.41) is 24.1. The highest BCUT2D eigenvalue weighted by Crippen LogP contribution is 2.36. The SMILES string of the molecule is CCCC(CC(=O)Nc1ccccc1C)c1ccc2c(O)c(O)ccc2c1. The molecule has 3 aromatic rings. The van der Waals surface area contributed by atoms with Crippen LogP contribution < -0.4 is 5.32 Å². The van der Waals surface area contributed by atoms with Gasteiger partial charge >= 0.3 is 0 Å². The largest absolute Gasteiger partial charge is 0.504 e. The second kappa shape index (κ2) is 8.12. The van der Waals surface area contributed by atoms with Gasteiger partial charge < -0.3 is 15.5 Å². The van der Waals surface area contributed by atoms with Gasteiger partial charge in [-0.3, -0.25) is 4.79 Å². The Morgan fingerprint density at radius 3 is 2.59 bits per heavy atom. The van der Waals surface area contributed by atoms with Crippen LogP contribution in [0.5, 0.6) is 11.5 Å². The van der Waals surface area contributed by atoms with Crippen LogP contribution in [0.4, 0.5) is 5.69 Å². The molecule has 140 valence electrons. The molecule has 0 saturated heterocycles. The highest BCUT2D eigenvalue weighted by atomic mass is 16.3. The molecule has 0 bridgehead atoms. The van der Waals surface area contributed by atoms with Crippen molar-refractivity contribution in [2.24, 2.45) is 0 Å². The number of hydrogen-bond acceptors (Lipinski definition) is 3. The average molecular weight is 363 g/mol. The number of nitrogens with one attached hydrogen (secondary N) is 1. The topological polar surface area (TPSA) is 69.6 Å². The van der Waals surface area contributed by atoms with Crippen LogP contribution >= 0.6 is 0 Å². The average Bonchev–Trinajstić information content (AvgIpc) is 2.66. The Bertz CT molecular complexity index is 965. The van der Waals surface area contributed by atoms with Gasteiger partial charge in [-0.25, -0.2) is 0 Å². The van der Waals surface area contributed by atoms with Crippen LogP contribution in [-0.4, -0.2) is 16.1 Å². The first-order valence-electron chi connectivity index (χ1n) is 9.29. The second-order valence-corrected chi connectivity index (χ2v) is 6.97. The van der Waals surface area contributed by atoms with Crippen LogP contribution in [0.1, 0.15) is 43.2 Å². The molecule has 0 aliphatic carbocycles. The molecule has 0 radical (unpaired) electrons. The molecule has 0 aromatic heterocycles. The van der Waals surface area contributed by atoms with Gasteiger partial charge in [-0.05, 0) is 47.9 Å². The van der Waals surface area contributed by atoms with E-state index in [9.17, 15) is 15.0 Å². The number of anilines is 1. The summed E-state index contributed by atoms with van der Waals surface area (Å²) in [6.45, 7) is 4.08. The molecular weight excluding hydrogens is 338 g/mol. The van der Waals surface area contributed by atoms with Crippen molar-refractivity contribution in [1.82, 2.24) is 0 Å². The minimum Gasteiger partial charge on any atom is -0.504 e. The van der Waals surface area contributed by atoms with Crippen LogP contribution in [0.15, 0.2) is 54.6 Å². The number of benzene rings is 3. The molecule has 0 aliphatic rings. The molecule has 1 amide bonds. The predicted octanol–water partition coefficient (Wildman–Crippen LogP) is 5.47. The molecule has 0 aliphatic heterocycles. The Hall–Kier alpha value is -3.01. The second-order valence-electron chi connectivity index (χ2n) is 6.97. The van der Waals surface area contributed by atoms with Gasteiger partial charge in [0.1, 0.15) is 0 Å². The van der Waals surface area contributed by atoms with Gasteiger partial charge in [0.2, 0.25) is 5.91 Å². The number of rotatable bonds is 6. The summed E-state index contributed by atoms with van der Waals surface area (Å²) in [7, 11) is 0. The predicted molar refractivity (Wildman–Crippen MR) is 109 cm³/mol. The molecule has 0 fully saturated rings. The molecule has 0 saturated carbocycles. The number of aromatic hydroxyl groups is 2. The highest BCUT2D eigenvalue weighted by Gasteiger charge is 2.17. The van der Waals surface area contributed by atoms with E-state index in [1.165, 1.54) is 6.07 Å². The lowest BCUT2D eigenvalue weighted by Crippen LogP contribution is -2.16. The molecule has 1 atom stereocenters. The van der Waals surface area contributed by atoms with Crippen molar-refractivity contribution < 1.29 is 15.0 Å². The third-order valence-electron chi connectivity index (χ3n) is 4.95. The Morgan fingerprint density at radius 2 is 1.85 bits per heavy atom. The number of fused-ring (bicyclic) bond motifs is 1. The lowest BCUT2D eigenvalue weighted by molar-refractivity contribution is -0.116. The van der Waals surface area contributed by atoms with Crippen molar-refractivity contribution in [2.75, 3.05) is 5.32 Å². The van der Waals surface area contributed by atoms with Crippen molar-refractivity contribution in [2.45, 2.75) is 39.0 Å². The molecule has 3 rings (SSSR count). The lowest BCUT2D eigenvalue weighted by Gasteiger charge is -2.18. The number of amides is 1. The van der Waals surface area contributed by atoms with E-state index in [1.54, 1.807) is 6.07 Å². The first-order valence-corrected chi connectivity index (χ1v) is 9.29. The van der Waals surface area contributed by atoms with Crippen LogP contribution in [0.3, 0.4) is 0 Å². The Labute approximate surface area is 159 Å². The van der Waals surface area contributed by atoms with Gasteiger partial charge in [-0.2, -0.15) is 0 Å². The van der Waals surface area contributed by atoms with Crippen molar-refractivity contribution in [1.29, 1.82) is 0 Å². The Balaban J connectivity index is 1.82. The van der Waals surface area contributed by atoms with E-state index < -0.39 is 0 Å². The van der Waals surface area contributed by atoms with Gasteiger partial charge in [-0.1, -0.05) is 55.8 Å². The zero-order chi connectivity index (χ0) is 19.4. The molecule has 0 spiro atoms. The van der Waals surface area contributed by atoms with E-state index in [-0.39, 0.29) is 23.3 Å². The van der Waals surface area contributed by atoms with Gasteiger partial charge in [0.15, 0.2) is 11.5 Å². The summed E-state index contributed by atoms with van der Waals surface area (Å²) < 4.78 is 0. The minimum atomic E-state index is -0.127. The van der Waals surface area contributed by atoms with Crippen molar-refractivity contribution in [3.05, 3.63) is 65.7 Å². The standard InChI is InChI=1S/C23H25NO3/c1-3-6-16(14-22(26)24-20-8-5-4-7-15(20)2)17-9-11-19-18(13-17)10-12-21(25)23(19)27/h4-5,7-13,16,25,27H,3,6,14H2,1-2H3,(H,24,26). The highest BCUT2D eigenvalue weighted by molar-refractivity contribution is 5.93. The maximum atomic E-state index is 12.6. The normalized spacial score (nSPS) is 12.1. The Kier molecular flexibility index (Phi) is 5.65. The number of phenolic OH excluding ortho intramolecular Hbond substituents is 2. The third kappa shape index (κ3) is 4.22. The molecule has 4 heteroatoms. The zero-order valence-electron chi connectivity index (χ0n) is 15.7. The first-order chi connectivity index (χ1) is 13.0. The van der Waals surface area contributed by atoms with Crippen LogP contribution in [0, 0.1) is 6.92 Å². The van der Waals surface area contributed by atoms with Gasteiger partial charge in [0.25, 0.3) is 0 Å². The van der Waals surface area contributed by atoms with E-state index >= 15 is 0 Å². The van der Waals surface area contributed by atoms with E-state index in [0.29, 0.717) is 11.8 Å². The number of carbonyl (C=O) groups is 1. The Morgan fingerprint density at radius 1 is 1.07 bits per heavy atom. The number of para-hydroxylation sites is 1. The third-order valence-corrected chi connectivity index (χ3v) is 4.95. The van der Waals surface area contributed by atoms with Crippen LogP contribution in [0.25, 0.3) is 10.8 Å². The summed E-state index contributed by atoms with van der Waals surface area (Å²) in [5.41, 5.74) is 2.95. The summed E-state index contributed by atoms with van der Waals surface area (Å²) in [5.74, 6) is -0.142. The van der Waals surface area contributed by atoms with E-state index in [0.717, 1.165) is 35.0 Å². The smallest absolute Gasteiger partial charge is 0.224 e. The monoisotopic (exact) mass is 363 g/mol.